The van der Waals surface area contributed by atoms with Crippen molar-refractivity contribution in [1.82, 2.24) is 5.32 Å². The van der Waals surface area contributed by atoms with Gasteiger partial charge in [-0.1, -0.05) is 40.2 Å². The van der Waals surface area contributed by atoms with E-state index in [2.05, 4.69) is 59.4 Å². The molecule has 0 aromatic heterocycles. The minimum absolute atomic E-state index is 0.198. The van der Waals surface area contributed by atoms with Gasteiger partial charge in [0.25, 0.3) is 0 Å². The first-order valence-electron chi connectivity index (χ1n) is 6.78. The Morgan fingerprint density at radius 3 is 2.65 bits per heavy atom. The van der Waals surface area contributed by atoms with Crippen LogP contribution < -0.4 is 5.32 Å². The Morgan fingerprint density at radius 2 is 1.90 bits per heavy atom. The maximum Gasteiger partial charge on any atom is 0.123 e. The Balaban J connectivity index is 1.94. The summed E-state index contributed by atoms with van der Waals surface area (Å²) in [7, 11) is 0. The zero-order chi connectivity index (χ0) is 14.5. The molecular formula is C17H19BrFN. The Bertz CT molecular complexity index is 583. The fourth-order valence-electron chi connectivity index (χ4n) is 2.20. The molecule has 0 saturated heterocycles. The molecule has 3 heteroatoms. The lowest BCUT2D eigenvalue weighted by Gasteiger charge is -2.16. The predicted molar refractivity (Wildman–Crippen MR) is 85.3 cm³/mol. The van der Waals surface area contributed by atoms with Gasteiger partial charge in [-0.15, -0.1) is 0 Å². The fraction of sp³-hybridized carbons (Fsp3) is 0.294. The number of hydrogen-bond acceptors (Lipinski definition) is 1. The van der Waals surface area contributed by atoms with E-state index in [1.807, 2.05) is 0 Å². The van der Waals surface area contributed by atoms with Gasteiger partial charge in [-0.3, -0.25) is 0 Å². The van der Waals surface area contributed by atoms with Crippen molar-refractivity contribution in [3.8, 4) is 0 Å². The summed E-state index contributed by atoms with van der Waals surface area (Å²) in [5, 5.41) is 3.45. The van der Waals surface area contributed by atoms with Crippen molar-refractivity contribution < 1.29 is 4.39 Å². The molecule has 0 heterocycles. The number of rotatable bonds is 5. The second kappa shape index (κ2) is 7.00. The summed E-state index contributed by atoms with van der Waals surface area (Å²) in [6.07, 6.45) is 0.972. The lowest BCUT2D eigenvalue weighted by molar-refractivity contribution is 0.541. The van der Waals surface area contributed by atoms with E-state index in [0.717, 1.165) is 16.5 Å². The maximum absolute atomic E-state index is 13.2. The second-order valence-electron chi connectivity index (χ2n) is 5.15. The van der Waals surface area contributed by atoms with Crippen LogP contribution in [-0.2, 0) is 13.0 Å². The van der Waals surface area contributed by atoms with Crippen molar-refractivity contribution in [2.75, 3.05) is 0 Å². The van der Waals surface area contributed by atoms with Crippen molar-refractivity contribution in [2.45, 2.75) is 32.9 Å². The molecule has 1 atom stereocenters. The molecule has 0 radical (unpaired) electrons. The minimum Gasteiger partial charge on any atom is -0.310 e. The number of aryl methyl sites for hydroxylation is 1. The first kappa shape index (κ1) is 15.2. The zero-order valence-electron chi connectivity index (χ0n) is 11.8. The molecule has 0 aliphatic heterocycles. The standard InChI is InChI=1S/C17H19BrFN/c1-12-5-3-4-6-14(12)9-13(2)20-11-15-10-16(19)7-8-17(15)18/h3-8,10,13,20H,9,11H2,1-2H3. The molecule has 0 saturated carbocycles. The molecule has 0 aliphatic rings. The third kappa shape index (κ3) is 4.15. The van der Waals surface area contributed by atoms with Gasteiger partial charge >= 0.3 is 0 Å². The van der Waals surface area contributed by atoms with Gasteiger partial charge in [0.1, 0.15) is 5.82 Å². The van der Waals surface area contributed by atoms with E-state index >= 15 is 0 Å². The quantitative estimate of drug-likeness (QED) is 0.840. The molecule has 2 aromatic rings. The van der Waals surface area contributed by atoms with Crippen LogP contribution in [-0.4, -0.2) is 6.04 Å². The highest BCUT2D eigenvalue weighted by Gasteiger charge is 2.07. The van der Waals surface area contributed by atoms with Gasteiger partial charge in [0.2, 0.25) is 0 Å². The van der Waals surface area contributed by atoms with Gasteiger partial charge in [0.05, 0.1) is 0 Å². The zero-order valence-corrected chi connectivity index (χ0v) is 13.4. The lowest BCUT2D eigenvalue weighted by atomic mass is 10.0. The molecule has 2 rings (SSSR count). The van der Waals surface area contributed by atoms with Gasteiger partial charge in [0.15, 0.2) is 0 Å². The highest BCUT2D eigenvalue weighted by atomic mass is 79.9. The molecule has 106 valence electrons. The molecule has 20 heavy (non-hydrogen) atoms. The number of hydrogen-bond donors (Lipinski definition) is 1. The van der Waals surface area contributed by atoms with Crippen LogP contribution in [0, 0.1) is 12.7 Å². The summed E-state index contributed by atoms with van der Waals surface area (Å²) in [6, 6.07) is 13.5. The van der Waals surface area contributed by atoms with Crippen LogP contribution in [0.15, 0.2) is 46.9 Å². The molecule has 1 N–H and O–H groups in total. The van der Waals surface area contributed by atoms with Crippen LogP contribution in [0.3, 0.4) is 0 Å². The van der Waals surface area contributed by atoms with E-state index < -0.39 is 0 Å². The third-order valence-corrected chi connectivity index (χ3v) is 4.21. The van der Waals surface area contributed by atoms with E-state index in [4.69, 9.17) is 0 Å². The molecule has 0 spiro atoms. The van der Waals surface area contributed by atoms with Crippen LogP contribution in [0.25, 0.3) is 0 Å². The Morgan fingerprint density at radius 1 is 1.15 bits per heavy atom. The monoisotopic (exact) mass is 335 g/mol. The number of benzene rings is 2. The van der Waals surface area contributed by atoms with Gasteiger partial charge in [-0.05, 0) is 55.2 Å². The maximum atomic E-state index is 13.2. The van der Waals surface area contributed by atoms with Gasteiger partial charge < -0.3 is 5.32 Å². The van der Waals surface area contributed by atoms with Crippen LogP contribution in [0.5, 0.6) is 0 Å². The van der Waals surface area contributed by atoms with E-state index in [-0.39, 0.29) is 5.82 Å². The highest BCUT2D eigenvalue weighted by Crippen LogP contribution is 2.18. The fourth-order valence-corrected chi connectivity index (χ4v) is 2.59. The second-order valence-corrected chi connectivity index (χ2v) is 6.00. The van der Waals surface area contributed by atoms with Crippen molar-refractivity contribution in [3.05, 3.63) is 69.4 Å². The molecule has 0 aliphatic carbocycles. The normalized spacial score (nSPS) is 12.4. The van der Waals surface area contributed by atoms with Crippen LogP contribution >= 0.6 is 15.9 Å². The highest BCUT2D eigenvalue weighted by molar-refractivity contribution is 9.10. The third-order valence-electron chi connectivity index (χ3n) is 3.44. The van der Waals surface area contributed by atoms with Gasteiger partial charge in [0, 0.05) is 17.1 Å². The first-order valence-corrected chi connectivity index (χ1v) is 7.57. The SMILES string of the molecule is Cc1ccccc1CC(C)NCc1cc(F)ccc1Br. The number of nitrogens with one attached hydrogen (secondary N) is 1. The first-order chi connectivity index (χ1) is 9.56. The lowest BCUT2D eigenvalue weighted by Crippen LogP contribution is -2.28. The van der Waals surface area contributed by atoms with Gasteiger partial charge in [-0.25, -0.2) is 4.39 Å². The predicted octanol–water partition coefficient (Wildman–Crippen LogP) is 4.62. The Labute approximate surface area is 128 Å². The summed E-state index contributed by atoms with van der Waals surface area (Å²) in [5.74, 6) is -0.198. The minimum atomic E-state index is -0.198. The Hall–Kier alpha value is -1.19. The molecule has 2 aromatic carbocycles. The summed E-state index contributed by atoms with van der Waals surface area (Å²) >= 11 is 3.45. The van der Waals surface area contributed by atoms with Crippen molar-refractivity contribution in [2.24, 2.45) is 0 Å². The average molecular weight is 336 g/mol. The molecular weight excluding hydrogens is 317 g/mol. The van der Waals surface area contributed by atoms with Crippen LogP contribution in [0.2, 0.25) is 0 Å². The van der Waals surface area contributed by atoms with Crippen molar-refractivity contribution in [3.63, 3.8) is 0 Å². The average Bonchev–Trinajstić information content (AvgIpc) is 2.42. The van der Waals surface area contributed by atoms with Crippen LogP contribution in [0.4, 0.5) is 4.39 Å². The molecule has 1 unspecified atom stereocenters. The topological polar surface area (TPSA) is 12.0 Å². The molecule has 0 fully saturated rings. The van der Waals surface area contributed by atoms with Gasteiger partial charge in [-0.2, -0.15) is 0 Å². The van der Waals surface area contributed by atoms with Crippen molar-refractivity contribution in [1.29, 1.82) is 0 Å². The largest absolute Gasteiger partial charge is 0.310 e. The summed E-state index contributed by atoms with van der Waals surface area (Å²) in [6.45, 7) is 4.94. The number of halogens is 2. The van der Waals surface area contributed by atoms with E-state index in [1.165, 1.54) is 17.2 Å². The summed E-state index contributed by atoms with van der Waals surface area (Å²) < 4.78 is 14.2. The molecule has 1 nitrogen and oxygen atoms in total. The van der Waals surface area contributed by atoms with E-state index in [0.29, 0.717) is 12.6 Å². The van der Waals surface area contributed by atoms with E-state index in [9.17, 15) is 4.39 Å². The molecule has 0 bridgehead atoms. The Kier molecular flexibility index (Phi) is 5.32. The van der Waals surface area contributed by atoms with Crippen LogP contribution in [0.1, 0.15) is 23.6 Å². The molecule has 0 amide bonds. The summed E-state index contributed by atoms with van der Waals surface area (Å²) in [4.78, 5) is 0. The smallest absolute Gasteiger partial charge is 0.123 e. The van der Waals surface area contributed by atoms with Crippen molar-refractivity contribution >= 4 is 15.9 Å². The summed E-state index contributed by atoms with van der Waals surface area (Å²) in [5.41, 5.74) is 3.61. The van der Waals surface area contributed by atoms with E-state index in [1.54, 1.807) is 12.1 Å².